The third-order valence-electron chi connectivity index (χ3n) is 4.82. The number of halogens is 2. The maximum Gasteiger partial charge on any atom is 0.387 e. The lowest BCUT2D eigenvalue weighted by molar-refractivity contribution is -0.0498. The highest BCUT2D eigenvalue weighted by atomic mass is 19.3. The Labute approximate surface area is 162 Å². The number of ether oxygens (including phenoxy) is 1. The zero-order valence-corrected chi connectivity index (χ0v) is 15.3. The number of nitrogens with zero attached hydrogens (tertiary/aromatic N) is 1. The van der Waals surface area contributed by atoms with E-state index >= 15 is 0 Å². The first-order valence-corrected chi connectivity index (χ1v) is 9.17. The number of nitrogens with one attached hydrogen (secondary N) is 1. The van der Waals surface area contributed by atoms with Crippen molar-refractivity contribution in [1.29, 1.82) is 0 Å². The van der Waals surface area contributed by atoms with Crippen molar-refractivity contribution in [3.8, 4) is 5.75 Å². The van der Waals surface area contributed by atoms with E-state index in [0.717, 1.165) is 24.7 Å². The predicted octanol–water partition coefficient (Wildman–Crippen LogP) is 3.49. The fourth-order valence-corrected chi connectivity index (χ4v) is 3.22. The van der Waals surface area contributed by atoms with Gasteiger partial charge in [-0.05, 0) is 42.7 Å². The molecule has 0 aromatic heterocycles. The molecule has 0 unspecified atom stereocenters. The van der Waals surface area contributed by atoms with Gasteiger partial charge in [-0.15, -0.1) is 0 Å². The Morgan fingerprint density at radius 3 is 2.32 bits per heavy atom. The fraction of sp³-hybridized carbons (Fsp3) is 0.333. The number of hydrogen-bond donors (Lipinski definition) is 1. The molecule has 1 aliphatic rings. The number of benzene rings is 2. The van der Waals surface area contributed by atoms with Crippen LogP contribution in [0, 0.1) is 0 Å². The van der Waals surface area contributed by atoms with Crippen LogP contribution in [0.5, 0.6) is 5.75 Å². The highest BCUT2D eigenvalue weighted by Gasteiger charge is 2.23. The lowest BCUT2D eigenvalue weighted by Gasteiger charge is -2.32. The molecular weight excluding hydrogens is 366 g/mol. The topological polar surface area (TPSA) is 58.6 Å². The molecule has 1 N–H and O–H groups in total. The molecular formula is C21H22F2N2O3. The van der Waals surface area contributed by atoms with Crippen molar-refractivity contribution in [3.05, 3.63) is 65.2 Å². The summed E-state index contributed by atoms with van der Waals surface area (Å²) in [5, 5.41) is 3.49. The number of piperidine rings is 1. The summed E-state index contributed by atoms with van der Waals surface area (Å²) >= 11 is 0. The SMILES string of the molecule is O=Cc1ccc(CNC2CCN(C(=O)c3ccc(OC(F)F)cc3)CC2)cc1. The Bertz CT molecular complexity index is 786. The van der Waals surface area contributed by atoms with Crippen molar-refractivity contribution in [2.24, 2.45) is 0 Å². The van der Waals surface area contributed by atoms with Crippen LogP contribution in [0.25, 0.3) is 0 Å². The maximum atomic E-state index is 12.6. The van der Waals surface area contributed by atoms with E-state index in [2.05, 4.69) is 10.1 Å². The number of likely N-dealkylation sites (tertiary alicyclic amines) is 1. The van der Waals surface area contributed by atoms with Crippen molar-refractivity contribution in [2.75, 3.05) is 13.1 Å². The molecule has 1 amide bonds. The first kappa shape index (κ1) is 19.9. The van der Waals surface area contributed by atoms with E-state index in [1.54, 1.807) is 17.0 Å². The average molecular weight is 388 g/mol. The van der Waals surface area contributed by atoms with Crippen molar-refractivity contribution >= 4 is 12.2 Å². The number of carbonyl (C=O) groups is 2. The van der Waals surface area contributed by atoms with E-state index in [0.29, 0.717) is 36.8 Å². The lowest BCUT2D eigenvalue weighted by Crippen LogP contribution is -2.44. The minimum absolute atomic E-state index is 0.0376. The Morgan fingerprint density at radius 2 is 1.75 bits per heavy atom. The molecule has 0 spiro atoms. The second kappa shape index (κ2) is 9.41. The summed E-state index contributed by atoms with van der Waals surface area (Å²) in [6, 6.07) is 13.5. The van der Waals surface area contributed by atoms with Gasteiger partial charge in [0, 0.05) is 36.8 Å². The zero-order valence-electron chi connectivity index (χ0n) is 15.3. The molecule has 0 aliphatic carbocycles. The summed E-state index contributed by atoms with van der Waals surface area (Å²) in [7, 11) is 0. The van der Waals surface area contributed by atoms with Crippen LogP contribution in [-0.4, -0.2) is 42.8 Å². The summed E-state index contributed by atoms with van der Waals surface area (Å²) < 4.78 is 28.7. The second-order valence-corrected chi connectivity index (χ2v) is 6.71. The molecule has 7 heteroatoms. The highest BCUT2D eigenvalue weighted by molar-refractivity contribution is 5.94. The van der Waals surface area contributed by atoms with Gasteiger partial charge in [-0.3, -0.25) is 9.59 Å². The van der Waals surface area contributed by atoms with E-state index in [1.165, 1.54) is 24.3 Å². The molecule has 148 valence electrons. The van der Waals surface area contributed by atoms with Gasteiger partial charge in [0.05, 0.1) is 0 Å². The van der Waals surface area contributed by atoms with Crippen molar-refractivity contribution in [2.45, 2.75) is 32.0 Å². The normalized spacial score (nSPS) is 14.9. The van der Waals surface area contributed by atoms with Crippen molar-refractivity contribution in [3.63, 3.8) is 0 Å². The van der Waals surface area contributed by atoms with Gasteiger partial charge in [0.15, 0.2) is 0 Å². The Morgan fingerprint density at radius 1 is 1.11 bits per heavy atom. The average Bonchev–Trinajstić information content (AvgIpc) is 2.72. The van der Waals surface area contributed by atoms with E-state index in [-0.39, 0.29) is 11.7 Å². The smallest absolute Gasteiger partial charge is 0.387 e. The first-order valence-electron chi connectivity index (χ1n) is 9.17. The van der Waals surface area contributed by atoms with Gasteiger partial charge in [-0.25, -0.2) is 0 Å². The lowest BCUT2D eigenvalue weighted by atomic mass is 10.0. The van der Waals surface area contributed by atoms with Gasteiger partial charge < -0.3 is 15.0 Å². The summed E-state index contributed by atoms with van der Waals surface area (Å²) in [6.45, 7) is -0.897. The molecule has 1 heterocycles. The molecule has 0 bridgehead atoms. The van der Waals surface area contributed by atoms with Crippen LogP contribution in [0.2, 0.25) is 0 Å². The zero-order chi connectivity index (χ0) is 19.9. The summed E-state index contributed by atoms with van der Waals surface area (Å²) in [5.74, 6) is -0.0675. The minimum atomic E-state index is -2.88. The Balaban J connectivity index is 1.46. The first-order chi connectivity index (χ1) is 13.5. The van der Waals surface area contributed by atoms with Gasteiger partial charge in [0.1, 0.15) is 12.0 Å². The van der Waals surface area contributed by atoms with E-state index in [1.807, 2.05) is 12.1 Å². The molecule has 28 heavy (non-hydrogen) atoms. The highest BCUT2D eigenvalue weighted by Crippen LogP contribution is 2.18. The number of carbonyl (C=O) groups excluding carboxylic acids is 2. The van der Waals surface area contributed by atoms with Gasteiger partial charge in [0.25, 0.3) is 5.91 Å². The minimum Gasteiger partial charge on any atom is -0.435 e. The number of amides is 1. The second-order valence-electron chi connectivity index (χ2n) is 6.71. The maximum absolute atomic E-state index is 12.6. The number of aldehydes is 1. The number of hydrogen-bond acceptors (Lipinski definition) is 4. The molecule has 0 radical (unpaired) electrons. The molecule has 2 aromatic carbocycles. The largest absolute Gasteiger partial charge is 0.435 e. The summed E-state index contributed by atoms with van der Waals surface area (Å²) in [6.07, 6.45) is 2.50. The fourth-order valence-electron chi connectivity index (χ4n) is 3.22. The molecule has 1 saturated heterocycles. The van der Waals surface area contributed by atoms with Gasteiger partial charge >= 0.3 is 6.61 Å². The van der Waals surface area contributed by atoms with Crippen LogP contribution in [0.1, 0.15) is 39.1 Å². The van der Waals surface area contributed by atoms with Gasteiger partial charge in [-0.1, -0.05) is 24.3 Å². The monoisotopic (exact) mass is 388 g/mol. The van der Waals surface area contributed by atoms with Crippen LogP contribution in [0.3, 0.4) is 0 Å². The van der Waals surface area contributed by atoms with E-state index in [9.17, 15) is 18.4 Å². The number of rotatable bonds is 7. The van der Waals surface area contributed by atoms with E-state index < -0.39 is 6.61 Å². The molecule has 0 saturated carbocycles. The standard InChI is InChI=1S/C21H22F2N2O3/c22-21(23)28-19-7-5-17(6-8-19)20(27)25-11-9-18(10-12-25)24-13-15-1-3-16(14-26)4-2-15/h1-8,14,18,21,24H,9-13H2. The van der Waals surface area contributed by atoms with Crippen molar-refractivity contribution < 1.29 is 23.1 Å². The predicted molar refractivity (Wildman–Crippen MR) is 101 cm³/mol. The quantitative estimate of drug-likeness (QED) is 0.738. The molecule has 1 fully saturated rings. The molecule has 3 rings (SSSR count). The Hall–Kier alpha value is -2.80. The van der Waals surface area contributed by atoms with Crippen LogP contribution in [-0.2, 0) is 6.54 Å². The van der Waals surface area contributed by atoms with Crippen LogP contribution >= 0.6 is 0 Å². The molecule has 5 nitrogen and oxygen atoms in total. The van der Waals surface area contributed by atoms with Gasteiger partial charge in [-0.2, -0.15) is 8.78 Å². The van der Waals surface area contributed by atoms with Crippen LogP contribution < -0.4 is 10.1 Å². The molecule has 1 aliphatic heterocycles. The summed E-state index contributed by atoms with van der Waals surface area (Å²) in [5.41, 5.74) is 2.22. The Kier molecular flexibility index (Phi) is 6.71. The van der Waals surface area contributed by atoms with Crippen LogP contribution in [0.15, 0.2) is 48.5 Å². The molecule has 0 atom stereocenters. The third-order valence-corrected chi connectivity index (χ3v) is 4.82. The third kappa shape index (κ3) is 5.36. The summed E-state index contributed by atoms with van der Waals surface area (Å²) in [4.78, 5) is 25.0. The van der Waals surface area contributed by atoms with Crippen LogP contribution in [0.4, 0.5) is 8.78 Å². The van der Waals surface area contributed by atoms with E-state index in [4.69, 9.17) is 0 Å². The number of alkyl halides is 2. The molecule has 2 aromatic rings. The van der Waals surface area contributed by atoms with Gasteiger partial charge in [0.2, 0.25) is 0 Å². The van der Waals surface area contributed by atoms with Crippen molar-refractivity contribution in [1.82, 2.24) is 10.2 Å².